The van der Waals surface area contributed by atoms with E-state index >= 15 is 0 Å². The molecule has 4 rings (SSSR count). The van der Waals surface area contributed by atoms with Crippen LogP contribution in [0.1, 0.15) is 5.56 Å². The smallest absolute Gasteiger partial charge is 0.332 e. The van der Waals surface area contributed by atoms with Crippen LogP contribution >= 0.6 is 15.9 Å². The van der Waals surface area contributed by atoms with E-state index in [0.717, 1.165) is 10.0 Å². The van der Waals surface area contributed by atoms with Crippen LogP contribution in [-0.4, -0.2) is 18.7 Å². The molecule has 0 aliphatic heterocycles. The number of halogens is 1. The first-order chi connectivity index (χ1) is 13.5. The number of fused-ring (bicyclic) bond motifs is 1. The molecule has 0 saturated carbocycles. The highest BCUT2D eigenvalue weighted by atomic mass is 79.9. The zero-order valence-electron chi connectivity index (χ0n) is 15.3. The molecule has 7 nitrogen and oxygen atoms in total. The van der Waals surface area contributed by atoms with Gasteiger partial charge >= 0.3 is 11.7 Å². The van der Waals surface area contributed by atoms with E-state index in [1.807, 2.05) is 42.5 Å². The molecule has 0 unspecified atom stereocenters. The van der Waals surface area contributed by atoms with E-state index in [2.05, 4.69) is 20.9 Å². The topological polar surface area (TPSA) is 71.1 Å². The van der Waals surface area contributed by atoms with Crippen LogP contribution in [0.15, 0.2) is 68.7 Å². The molecule has 0 N–H and O–H groups in total. The van der Waals surface area contributed by atoms with Gasteiger partial charge in [0.2, 0.25) is 0 Å². The van der Waals surface area contributed by atoms with E-state index in [9.17, 15) is 9.59 Å². The fourth-order valence-corrected chi connectivity index (χ4v) is 3.29. The Morgan fingerprint density at radius 1 is 0.964 bits per heavy atom. The second-order valence-electron chi connectivity index (χ2n) is 6.40. The molecule has 2 aromatic carbocycles. The summed E-state index contributed by atoms with van der Waals surface area (Å²) in [7, 11) is 3.30. The normalized spacial score (nSPS) is 11.1. The lowest BCUT2D eigenvalue weighted by molar-refractivity contribution is 0.427. The van der Waals surface area contributed by atoms with Crippen LogP contribution < -0.4 is 16.0 Å². The molecule has 0 atom stereocenters. The molecule has 142 valence electrons. The van der Waals surface area contributed by atoms with Crippen LogP contribution in [0.2, 0.25) is 0 Å². The number of benzene rings is 2. The zero-order chi connectivity index (χ0) is 19.8. The van der Waals surface area contributed by atoms with Gasteiger partial charge in [-0.3, -0.25) is 18.5 Å². The number of nitrogens with zero attached hydrogens (tertiary/aromatic N) is 4. The van der Waals surface area contributed by atoms with Crippen molar-refractivity contribution in [2.75, 3.05) is 0 Å². The predicted octanol–water partition coefficient (Wildman–Crippen LogP) is 3.04. The largest absolute Gasteiger partial charge is 0.425 e. The third kappa shape index (κ3) is 3.16. The molecule has 2 heterocycles. The van der Waals surface area contributed by atoms with Gasteiger partial charge in [-0.1, -0.05) is 46.3 Å². The van der Waals surface area contributed by atoms with Crippen molar-refractivity contribution in [1.29, 1.82) is 0 Å². The molecule has 0 amide bonds. The first-order valence-electron chi connectivity index (χ1n) is 8.59. The standard InChI is InChI=1S/C20H17BrN4O3/c1-23-16-17(22-19(23)28-15-10-8-14(21)9-11-15)24(2)20(27)25(18(16)26)12-13-6-4-3-5-7-13/h3-11H,12H2,1-2H3. The van der Waals surface area contributed by atoms with E-state index in [0.29, 0.717) is 11.3 Å². The molecule has 8 heteroatoms. The molecule has 4 aromatic rings. The Morgan fingerprint density at radius 3 is 2.32 bits per heavy atom. The monoisotopic (exact) mass is 440 g/mol. The predicted molar refractivity (Wildman–Crippen MR) is 110 cm³/mol. The molecule has 28 heavy (non-hydrogen) atoms. The van der Waals surface area contributed by atoms with Crippen LogP contribution in [-0.2, 0) is 20.6 Å². The summed E-state index contributed by atoms with van der Waals surface area (Å²) in [6, 6.07) is 16.9. The molecular formula is C20H17BrN4O3. The number of rotatable bonds is 4. The maximum atomic E-state index is 13.1. The maximum Gasteiger partial charge on any atom is 0.332 e. The Hall–Kier alpha value is -3.13. The summed E-state index contributed by atoms with van der Waals surface area (Å²) in [6.07, 6.45) is 0. The van der Waals surface area contributed by atoms with Crippen LogP contribution in [0.5, 0.6) is 11.8 Å². The minimum absolute atomic E-state index is 0.191. The lowest BCUT2D eigenvalue weighted by Gasteiger charge is -2.08. The van der Waals surface area contributed by atoms with Crippen molar-refractivity contribution in [2.45, 2.75) is 6.54 Å². The summed E-state index contributed by atoms with van der Waals surface area (Å²) in [5, 5.41) is 0. The first kappa shape index (κ1) is 18.2. The Bertz CT molecular complexity index is 1270. The van der Waals surface area contributed by atoms with Gasteiger partial charge in [-0.2, -0.15) is 4.98 Å². The van der Waals surface area contributed by atoms with Gasteiger partial charge in [0.15, 0.2) is 11.2 Å². The number of aromatic nitrogens is 4. The van der Waals surface area contributed by atoms with Crippen molar-refractivity contribution in [2.24, 2.45) is 14.1 Å². The second kappa shape index (κ2) is 7.12. The van der Waals surface area contributed by atoms with Gasteiger partial charge in [-0.25, -0.2) is 4.79 Å². The average Bonchev–Trinajstić information content (AvgIpc) is 3.02. The summed E-state index contributed by atoms with van der Waals surface area (Å²) >= 11 is 3.38. The van der Waals surface area contributed by atoms with Gasteiger partial charge in [-0.05, 0) is 29.8 Å². The number of hydrogen-bond donors (Lipinski definition) is 0. The summed E-state index contributed by atoms with van der Waals surface area (Å²) in [4.78, 5) is 30.2. The van der Waals surface area contributed by atoms with Crippen molar-refractivity contribution in [3.05, 3.63) is 85.5 Å². The molecule has 0 aliphatic carbocycles. The van der Waals surface area contributed by atoms with Crippen LogP contribution in [0.25, 0.3) is 11.2 Å². The summed E-state index contributed by atoms with van der Waals surface area (Å²) in [5.41, 5.74) is 0.644. The first-order valence-corrected chi connectivity index (χ1v) is 9.38. The fraction of sp³-hybridized carbons (Fsp3) is 0.150. The molecular weight excluding hydrogens is 424 g/mol. The van der Waals surface area contributed by atoms with Gasteiger partial charge in [0.1, 0.15) is 5.75 Å². The van der Waals surface area contributed by atoms with Crippen LogP contribution in [0, 0.1) is 0 Å². The second-order valence-corrected chi connectivity index (χ2v) is 7.32. The van der Waals surface area contributed by atoms with Gasteiger partial charge in [0.25, 0.3) is 5.56 Å². The highest BCUT2D eigenvalue weighted by molar-refractivity contribution is 9.10. The molecule has 0 saturated heterocycles. The van der Waals surface area contributed by atoms with E-state index < -0.39 is 11.2 Å². The molecule has 0 radical (unpaired) electrons. The summed E-state index contributed by atoms with van der Waals surface area (Å²) in [5.74, 6) is 0.580. The molecule has 2 aromatic heterocycles. The number of ether oxygens (including phenoxy) is 1. The molecule has 0 fully saturated rings. The van der Waals surface area contributed by atoms with Crippen LogP contribution in [0.3, 0.4) is 0 Å². The van der Waals surface area contributed by atoms with Crippen molar-refractivity contribution in [3.8, 4) is 11.8 Å². The van der Waals surface area contributed by atoms with Gasteiger partial charge in [0, 0.05) is 18.6 Å². The maximum absolute atomic E-state index is 13.1. The minimum atomic E-state index is -0.422. The van der Waals surface area contributed by atoms with Crippen LogP contribution in [0.4, 0.5) is 0 Å². The lowest BCUT2D eigenvalue weighted by Crippen LogP contribution is -2.39. The SMILES string of the molecule is Cn1c(Oc2ccc(Br)cc2)nc2c1c(=O)n(Cc1ccccc1)c(=O)n2C. The lowest BCUT2D eigenvalue weighted by atomic mass is 10.2. The molecule has 0 aliphatic rings. The number of imidazole rings is 1. The quantitative estimate of drug-likeness (QED) is 0.488. The Kier molecular flexibility index (Phi) is 4.64. The third-order valence-electron chi connectivity index (χ3n) is 4.53. The van der Waals surface area contributed by atoms with Gasteiger partial charge in [-0.15, -0.1) is 0 Å². The minimum Gasteiger partial charge on any atom is -0.425 e. The van der Waals surface area contributed by atoms with Crippen molar-refractivity contribution in [1.82, 2.24) is 18.7 Å². The van der Waals surface area contributed by atoms with Crippen molar-refractivity contribution < 1.29 is 4.74 Å². The highest BCUT2D eigenvalue weighted by Crippen LogP contribution is 2.24. The zero-order valence-corrected chi connectivity index (χ0v) is 16.9. The Morgan fingerprint density at radius 2 is 1.64 bits per heavy atom. The van der Waals surface area contributed by atoms with Crippen molar-refractivity contribution in [3.63, 3.8) is 0 Å². The fourth-order valence-electron chi connectivity index (χ4n) is 3.03. The van der Waals surface area contributed by atoms with Gasteiger partial charge < -0.3 is 4.74 Å². The average molecular weight is 441 g/mol. The Balaban J connectivity index is 1.84. The van der Waals surface area contributed by atoms with E-state index in [1.54, 1.807) is 30.8 Å². The van der Waals surface area contributed by atoms with E-state index in [1.165, 1.54) is 9.13 Å². The van der Waals surface area contributed by atoms with E-state index in [-0.39, 0.29) is 18.2 Å². The highest BCUT2D eigenvalue weighted by Gasteiger charge is 2.19. The van der Waals surface area contributed by atoms with Crippen molar-refractivity contribution >= 4 is 27.1 Å². The molecule has 0 bridgehead atoms. The molecule has 0 spiro atoms. The number of hydrogen-bond acceptors (Lipinski definition) is 4. The Labute approximate surface area is 168 Å². The third-order valence-corrected chi connectivity index (χ3v) is 5.05. The summed E-state index contributed by atoms with van der Waals surface area (Å²) < 4.78 is 10.9. The van der Waals surface area contributed by atoms with E-state index in [4.69, 9.17) is 4.74 Å². The van der Waals surface area contributed by atoms with Gasteiger partial charge in [0.05, 0.1) is 6.54 Å². The number of aryl methyl sites for hydroxylation is 2. The summed E-state index contributed by atoms with van der Waals surface area (Å²) in [6.45, 7) is 0.191.